The molecule has 4 rings (SSSR count). The number of benzene rings is 1. The van der Waals surface area contributed by atoms with Crippen molar-refractivity contribution in [2.75, 3.05) is 6.61 Å². The number of halogens is 1. The molecule has 3 heterocycles. The zero-order valence-corrected chi connectivity index (χ0v) is 21.0. The molecule has 1 aliphatic heterocycles. The van der Waals surface area contributed by atoms with Crippen LogP contribution in [0.3, 0.4) is 0 Å². The summed E-state index contributed by atoms with van der Waals surface area (Å²) >= 11 is 8.97. The summed E-state index contributed by atoms with van der Waals surface area (Å²) in [6, 6.07) is 8.54. The van der Waals surface area contributed by atoms with Crippen LogP contribution in [0.5, 0.6) is 5.75 Å². The summed E-state index contributed by atoms with van der Waals surface area (Å²) in [5.74, 6) is 0.173. The van der Waals surface area contributed by atoms with Gasteiger partial charge in [-0.15, -0.1) is 11.3 Å². The molecule has 0 N–H and O–H groups in total. The molecule has 9 heteroatoms. The second-order valence-corrected chi connectivity index (χ2v) is 10.1. The van der Waals surface area contributed by atoms with Gasteiger partial charge in [0.05, 0.1) is 28.5 Å². The Morgan fingerprint density at radius 1 is 1.33 bits per heavy atom. The van der Waals surface area contributed by atoms with E-state index in [2.05, 4.69) is 4.99 Å². The molecule has 3 aromatic rings. The first-order valence-electron chi connectivity index (χ1n) is 10.5. The van der Waals surface area contributed by atoms with Crippen LogP contribution in [0.1, 0.15) is 44.2 Å². The van der Waals surface area contributed by atoms with Crippen molar-refractivity contribution in [3.05, 3.63) is 82.1 Å². The van der Waals surface area contributed by atoms with Crippen molar-refractivity contribution in [2.45, 2.75) is 39.8 Å². The number of ether oxygens (including phenoxy) is 2. The maximum atomic E-state index is 13.6. The molecular formula is C24H23ClN2O4S2. The predicted octanol–water partition coefficient (Wildman–Crippen LogP) is 4.30. The van der Waals surface area contributed by atoms with Crippen molar-refractivity contribution in [3.8, 4) is 5.75 Å². The molecule has 2 aromatic heterocycles. The zero-order valence-electron chi connectivity index (χ0n) is 18.6. The molecular weight excluding hydrogens is 480 g/mol. The third-order valence-electron chi connectivity index (χ3n) is 4.95. The van der Waals surface area contributed by atoms with Crippen molar-refractivity contribution in [1.82, 2.24) is 4.57 Å². The van der Waals surface area contributed by atoms with Gasteiger partial charge < -0.3 is 9.47 Å². The Hall–Kier alpha value is -2.68. The largest absolute Gasteiger partial charge is 0.490 e. The number of carbonyl (C=O) groups excluding carboxylic acids is 1. The lowest BCUT2D eigenvalue weighted by Crippen LogP contribution is -2.39. The smallest absolute Gasteiger partial charge is 0.338 e. The molecule has 0 aliphatic carbocycles. The van der Waals surface area contributed by atoms with Crippen molar-refractivity contribution in [1.29, 1.82) is 0 Å². The van der Waals surface area contributed by atoms with Gasteiger partial charge >= 0.3 is 5.97 Å². The number of esters is 1. The third-order valence-corrected chi connectivity index (χ3v) is 7.09. The lowest BCUT2D eigenvalue weighted by atomic mass is 10.0. The van der Waals surface area contributed by atoms with Gasteiger partial charge in [0.15, 0.2) is 4.80 Å². The molecule has 0 amide bonds. The maximum Gasteiger partial charge on any atom is 0.338 e. The molecule has 33 heavy (non-hydrogen) atoms. The Bertz CT molecular complexity index is 1400. The van der Waals surface area contributed by atoms with E-state index in [1.54, 1.807) is 42.7 Å². The molecule has 0 unspecified atom stereocenters. The van der Waals surface area contributed by atoms with Crippen LogP contribution in [-0.4, -0.2) is 23.2 Å². The minimum Gasteiger partial charge on any atom is -0.490 e. The topological polar surface area (TPSA) is 69.9 Å². The lowest BCUT2D eigenvalue weighted by Gasteiger charge is -2.23. The monoisotopic (exact) mass is 502 g/mol. The highest BCUT2D eigenvalue weighted by Crippen LogP contribution is 2.33. The van der Waals surface area contributed by atoms with Gasteiger partial charge in [0, 0.05) is 15.5 Å². The van der Waals surface area contributed by atoms with E-state index in [9.17, 15) is 9.59 Å². The zero-order chi connectivity index (χ0) is 23.7. The Morgan fingerprint density at radius 2 is 2.12 bits per heavy atom. The Balaban J connectivity index is 1.93. The average molecular weight is 503 g/mol. The van der Waals surface area contributed by atoms with Gasteiger partial charge in [-0.3, -0.25) is 9.36 Å². The SMILES string of the molecule is CCOC(=O)C1=C(C)N=c2s/c(=C\c3cc(Cl)ccc3OC(C)C)c(=O)n2[C@H]1c1cccs1. The number of thiophene rings is 1. The van der Waals surface area contributed by atoms with Gasteiger partial charge in [-0.05, 0) is 63.4 Å². The number of hydrogen-bond acceptors (Lipinski definition) is 7. The molecule has 0 radical (unpaired) electrons. The molecule has 0 bridgehead atoms. The van der Waals surface area contributed by atoms with Crippen molar-refractivity contribution in [3.63, 3.8) is 0 Å². The van der Waals surface area contributed by atoms with Gasteiger partial charge in [0.2, 0.25) is 0 Å². The van der Waals surface area contributed by atoms with E-state index in [0.717, 1.165) is 4.88 Å². The molecule has 0 saturated heterocycles. The van der Waals surface area contributed by atoms with Crippen molar-refractivity contribution >= 4 is 46.3 Å². The van der Waals surface area contributed by atoms with E-state index in [-0.39, 0.29) is 18.3 Å². The highest BCUT2D eigenvalue weighted by Gasteiger charge is 2.33. The minimum atomic E-state index is -0.590. The van der Waals surface area contributed by atoms with E-state index < -0.39 is 12.0 Å². The number of hydrogen-bond donors (Lipinski definition) is 0. The van der Waals surface area contributed by atoms with E-state index in [1.165, 1.54) is 22.7 Å². The van der Waals surface area contributed by atoms with Gasteiger partial charge in [0.25, 0.3) is 5.56 Å². The van der Waals surface area contributed by atoms with E-state index in [4.69, 9.17) is 21.1 Å². The fourth-order valence-corrected chi connectivity index (χ4v) is 5.68. The van der Waals surface area contributed by atoms with Crippen LogP contribution in [0.4, 0.5) is 0 Å². The van der Waals surface area contributed by atoms with Gasteiger partial charge in [-0.1, -0.05) is 29.0 Å². The van der Waals surface area contributed by atoms with Crippen molar-refractivity contribution < 1.29 is 14.3 Å². The Morgan fingerprint density at radius 3 is 2.79 bits per heavy atom. The van der Waals surface area contributed by atoms with Crippen LogP contribution in [0.25, 0.3) is 6.08 Å². The maximum absolute atomic E-state index is 13.6. The quantitative estimate of drug-likeness (QED) is 0.471. The first-order chi connectivity index (χ1) is 15.8. The summed E-state index contributed by atoms with van der Waals surface area (Å²) < 4.78 is 13.3. The number of thiazole rings is 1. The standard InChI is InChI=1S/C24H23ClN2O4S2/c1-5-30-23(29)20-14(4)26-24-27(21(20)18-7-6-10-32-18)22(28)19(33-24)12-15-11-16(25)8-9-17(15)31-13(2)3/h6-13,21H,5H2,1-4H3/b19-12-/t21-/m0/s1. The first-order valence-corrected chi connectivity index (χ1v) is 12.6. The van der Waals surface area contributed by atoms with Crippen LogP contribution in [0.2, 0.25) is 5.02 Å². The van der Waals surface area contributed by atoms with E-state index in [0.29, 0.717) is 36.9 Å². The van der Waals surface area contributed by atoms with E-state index in [1.807, 2.05) is 31.4 Å². The molecule has 6 nitrogen and oxygen atoms in total. The van der Waals surface area contributed by atoms with Crippen LogP contribution in [-0.2, 0) is 9.53 Å². The van der Waals surface area contributed by atoms with Gasteiger partial charge in [0.1, 0.15) is 11.8 Å². The van der Waals surface area contributed by atoms with Gasteiger partial charge in [-0.25, -0.2) is 9.79 Å². The lowest BCUT2D eigenvalue weighted by molar-refractivity contribution is -0.139. The Labute approximate surface area is 204 Å². The summed E-state index contributed by atoms with van der Waals surface area (Å²) in [7, 11) is 0. The molecule has 0 saturated carbocycles. The summed E-state index contributed by atoms with van der Waals surface area (Å²) in [6.45, 7) is 7.64. The number of allylic oxidation sites excluding steroid dienone is 1. The molecule has 1 aromatic carbocycles. The molecule has 0 fully saturated rings. The summed E-state index contributed by atoms with van der Waals surface area (Å²) in [4.78, 5) is 32.4. The third kappa shape index (κ3) is 4.69. The molecule has 172 valence electrons. The fraction of sp³-hybridized carbons (Fsp3) is 0.292. The first kappa shape index (κ1) is 23.5. The fourth-order valence-electron chi connectivity index (χ4n) is 3.64. The molecule has 1 atom stereocenters. The molecule has 0 spiro atoms. The number of rotatable bonds is 6. The van der Waals surface area contributed by atoms with Crippen LogP contribution in [0, 0.1) is 0 Å². The summed E-state index contributed by atoms with van der Waals surface area (Å²) in [5.41, 5.74) is 1.40. The van der Waals surface area contributed by atoms with Crippen molar-refractivity contribution in [2.24, 2.45) is 4.99 Å². The summed E-state index contributed by atoms with van der Waals surface area (Å²) in [5, 5.41) is 2.46. The number of aromatic nitrogens is 1. The van der Waals surface area contributed by atoms with Gasteiger partial charge in [-0.2, -0.15) is 0 Å². The highest BCUT2D eigenvalue weighted by atomic mass is 35.5. The highest BCUT2D eigenvalue weighted by molar-refractivity contribution is 7.10. The Kier molecular flexibility index (Phi) is 6.88. The minimum absolute atomic E-state index is 0.0341. The average Bonchev–Trinajstić information content (AvgIpc) is 3.38. The number of carbonyl (C=O) groups is 1. The number of nitrogens with zero attached hydrogens (tertiary/aromatic N) is 2. The summed E-state index contributed by atoms with van der Waals surface area (Å²) in [6.07, 6.45) is 1.73. The number of fused-ring (bicyclic) bond motifs is 1. The van der Waals surface area contributed by atoms with Crippen LogP contribution in [0.15, 0.2) is 56.8 Å². The molecule has 1 aliphatic rings. The van der Waals surface area contributed by atoms with Crippen LogP contribution < -0.4 is 19.6 Å². The predicted molar refractivity (Wildman–Crippen MR) is 132 cm³/mol. The normalized spacial score (nSPS) is 16.1. The van der Waals surface area contributed by atoms with Crippen LogP contribution >= 0.6 is 34.3 Å². The van der Waals surface area contributed by atoms with E-state index >= 15 is 0 Å². The second kappa shape index (κ2) is 9.67. The second-order valence-electron chi connectivity index (χ2n) is 7.67.